The molecule has 0 fully saturated rings. The van der Waals surface area contributed by atoms with Crippen molar-refractivity contribution < 1.29 is 19.0 Å². The minimum absolute atomic E-state index is 0.0350. The van der Waals surface area contributed by atoms with E-state index in [4.69, 9.17) is 14.2 Å². The normalized spacial score (nSPS) is 10.8. The SMILES string of the molecule is COc1ccc(CCNC(=O)/C(C#N)=C/c2ccc(OCc3ccncc3)cc2)cc1OC. The number of hydrogen-bond acceptors (Lipinski definition) is 6. The molecular formula is C26H25N3O4. The molecule has 1 aromatic heterocycles. The van der Waals surface area contributed by atoms with E-state index < -0.39 is 5.91 Å². The summed E-state index contributed by atoms with van der Waals surface area (Å²) in [7, 11) is 3.16. The van der Waals surface area contributed by atoms with Gasteiger partial charge in [0.1, 0.15) is 24.0 Å². The van der Waals surface area contributed by atoms with E-state index in [0.717, 1.165) is 16.7 Å². The first-order valence-electron chi connectivity index (χ1n) is 10.4. The maximum Gasteiger partial charge on any atom is 0.261 e. The van der Waals surface area contributed by atoms with Gasteiger partial charge in [-0.1, -0.05) is 18.2 Å². The van der Waals surface area contributed by atoms with E-state index >= 15 is 0 Å². The number of rotatable bonds is 10. The van der Waals surface area contributed by atoms with Crippen LogP contribution >= 0.6 is 0 Å². The highest BCUT2D eigenvalue weighted by Gasteiger charge is 2.10. The zero-order chi connectivity index (χ0) is 23.5. The van der Waals surface area contributed by atoms with E-state index in [0.29, 0.717) is 36.8 Å². The van der Waals surface area contributed by atoms with Crippen LogP contribution < -0.4 is 19.5 Å². The number of nitrogens with one attached hydrogen (secondary N) is 1. The summed E-state index contributed by atoms with van der Waals surface area (Å²) < 4.78 is 16.3. The van der Waals surface area contributed by atoms with E-state index in [2.05, 4.69) is 10.3 Å². The highest BCUT2D eigenvalue weighted by atomic mass is 16.5. The molecule has 0 aliphatic heterocycles. The van der Waals surface area contributed by atoms with Gasteiger partial charge in [0.05, 0.1) is 14.2 Å². The van der Waals surface area contributed by atoms with Gasteiger partial charge in [-0.2, -0.15) is 5.26 Å². The number of nitriles is 1. The Balaban J connectivity index is 1.54. The Labute approximate surface area is 193 Å². The monoisotopic (exact) mass is 443 g/mol. The highest BCUT2D eigenvalue weighted by Crippen LogP contribution is 2.27. The molecule has 7 nitrogen and oxygen atoms in total. The molecule has 0 radical (unpaired) electrons. The lowest BCUT2D eigenvalue weighted by atomic mass is 10.1. The zero-order valence-electron chi connectivity index (χ0n) is 18.6. The van der Waals surface area contributed by atoms with Gasteiger partial charge in [0.2, 0.25) is 0 Å². The molecule has 0 bridgehead atoms. The molecule has 0 aliphatic carbocycles. The lowest BCUT2D eigenvalue weighted by Crippen LogP contribution is -2.26. The van der Waals surface area contributed by atoms with E-state index in [1.54, 1.807) is 57.0 Å². The fraction of sp³-hybridized carbons (Fsp3) is 0.192. The Hall–Kier alpha value is -4.31. The summed E-state index contributed by atoms with van der Waals surface area (Å²) in [4.78, 5) is 16.4. The fourth-order valence-electron chi connectivity index (χ4n) is 3.07. The Kier molecular flexibility index (Phi) is 8.43. The van der Waals surface area contributed by atoms with Gasteiger partial charge in [-0.05, 0) is 65.6 Å². The Morgan fingerprint density at radius 2 is 1.73 bits per heavy atom. The minimum atomic E-state index is -0.420. The standard InChI is InChI=1S/C26H25N3O4/c1-31-24-8-5-20(16-25(24)32-2)11-14-29-26(30)22(17-27)15-19-3-6-23(7-4-19)33-18-21-9-12-28-13-10-21/h3-10,12-13,15-16H,11,14,18H2,1-2H3,(H,29,30)/b22-15+. The van der Waals surface area contributed by atoms with Gasteiger partial charge in [-0.25, -0.2) is 0 Å². The average molecular weight is 444 g/mol. The maximum atomic E-state index is 12.4. The number of ether oxygens (including phenoxy) is 3. The molecule has 0 saturated heterocycles. The van der Waals surface area contributed by atoms with E-state index in [1.807, 2.05) is 36.4 Å². The first-order chi connectivity index (χ1) is 16.1. The molecule has 1 amide bonds. The number of amides is 1. The van der Waals surface area contributed by atoms with Gasteiger partial charge in [0.25, 0.3) is 5.91 Å². The third-order valence-corrected chi connectivity index (χ3v) is 4.86. The van der Waals surface area contributed by atoms with Crippen LogP contribution in [-0.2, 0) is 17.8 Å². The number of nitrogens with zero attached hydrogens (tertiary/aromatic N) is 2. The van der Waals surface area contributed by atoms with Crippen LogP contribution in [0.4, 0.5) is 0 Å². The van der Waals surface area contributed by atoms with Crippen molar-refractivity contribution in [2.75, 3.05) is 20.8 Å². The van der Waals surface area contributed by atoms with Crippen molar-refractivity contribution in [3.63, 3.8) is 0 Å². The summed E-state index contributed by atoms with van der Waals surface area (Å²) >= 11 is 0. The van der Waals surface area contributed by atoms with Crippen LogP contribution in [0.15, 0.2) is 72.6 Å². The molecule has 0 spiro atoms. The Bertz CT molecular complexity index is 1140. The molecule has 3 rings (SSSR count). The van der Waals surface area contributed by atoms with E-state index in [9.17, 15) is 10.1 Å². The Morgan fingerprint density at radius 1 is 1.00 bits per heavy atom. The second kappa shape index (κ2) is 11.9. The molecule has 1 heterocycles. The predicted molar refractivity (Wildman–Crippen MR) is 125 cm³/mol. The van der Waals surface area contributed by atoms with Crippen LogP contribution in [0.25, 0.3) is 6.08 Å². The number of methoxy groups -OCH3 is 2. The van der Waals surface area contributed by atoms with Crippen molar-refractivity contribution >= 4 is 12.0 Å². The van der Waals surface area contributed by atoms with Crippen molar-refractivity contribution in [3.05, 3.63) is 89.3 Å². The van der Waals surface area contributed by atoms with Crippen molar-refractivity contribution in [1.29, 1.82) is 5.26 Å². The quantitative estimate of drug-likeness (QED) is 0.377. The molecule has 168 valence electrons. The van der Waals surface area contributed by atoms with Crippen LogP contribution in [0, 0.1) is 11.3 Å². The first-order valence-corrected chi connectivity index (χ1v) is 10.4. The zero-order valence-corrected chi connectivity index (χ0v) is 18.6. The summed E-state index contributed by atoms with van der Waals surface area (Å²) in [6, 6.07) is 18.6. The van der Waals surface area contributed by atoms with Crippen molar-refractivity contribution in [2.24, 2.45) is 0 Å². The summed E-state index contributed by atoms with van der Waals surface area (Å²) in [5, 5.41) is 12.2. The molecule has 0 unspecified atom stereocenters. The van der Waals surface area contributed by atoms with Gasteiger partial charge in [0.15, 0.2) is 11.5 Å². The topological polar surface area (TPSA) is 93.5 Å². The number of carbonyl (C=O) groups is 1. The molecule has 0 aliphatic rings. The molecule has 2 aromatic carbocycles. The second-order valence-corrected chi connectivity index (χ2v) is 7.08. The van der Waals surface area contributed by atoms with Crippen molar-refractivity contribution in [3.8, 4) is 23.3 Å². The van der Waals surface area contributed by atoms with Crippen LogP contribution in [0.1, 0.15) is 16.7 Å². The third-order valence-electron chi connectivity index (χ3n) is 4.86. The molecular weight excluding hydrogens is 418 g/mol. The van der Waals surface area contributed by atoms with E-state index in [-0.39, 0.29) is 5.57 Å². The summed E-state index contributed by atoms with van der Waals surface area (Å²) in [6.45, 7) is 0.818. The summed E-state index contributed by atoms with van der Waals surface area (Å²) in [5.41, 5.74) is 2.77. The lowest BCUT2D eigenvalue weighted by Gasteiger charge is -2.10. The largest absolute Gasteiger partial charge is 0.493 e. The number of benzene rings is 2. The lowest BCUT2D eigenvalue weighted by molar-refractivity contribution is -0.117. The summed E-state index contributed by atoms with van der Waals surface area (Å²) in [5.74, 6) is 1.55. The van der Waals surface area contributed by atoms with E-state index in [1.165, 1.54) is 0 Å². The molecule has 33 heavy (non-hydrogen) atoms. The molecule has 0 saturated carbocycles. The van der Waals surface area contributed by atoms with Crippen LogP contribution in [0.3, 0.4) is 0 Å². The van der Waals surface area contributed by atoms with Gasteiger partial charge < -0.3 is 19.5 Å². The van der Waals surface area contributed by atoms with Crippen LogP contribution in [0.2, 0.25) is 0 Å². The van der Waals surface area contributed by atoms with Crippen LogP contribution in [-0.4, -0.2) is 31.7 Å². The smallest absolute Gasteiger partial charge is 0.261 e. The number of hydrogen-bond donors (Lipinski definition) is 1. The van der Waals surface area contributed by atoms with Crippen molar-refractivity contribution in [1.82, 2.24) is 10.3 Å². The number of pyridine rings is 1. The maximum absolute atomic E-state index is 12.4. The number of carbonyl (C=O) groups excluding carboxylic acids is 1. The molecule has 1 N–H and O–H groups in total. The molecule has 3 aromatic rings. The molecule has 7 heteroatoms. The second-order valence-electron chi connectivity index (χ2n) is 7.08. The summed E-state index contributed by atoms with van der Waals surface area (Å²) in [6.07, 6.45) is 5.58. The number of aromatic nitrogens is 1. The van der Waals surface area contributed by atoms with Crippen molar-refractivity contribution in [2.45, 2.75) is 13.0 Å². The first kappa shape index (κ1) is 23.4. The van der Waals surface area contributed by atoms with Gasteiger partial charge in [0, 0.05) is 18.9 Å². The molecule has 0 atom stereocenters. The predicted octanol–water partition coefficient (Wildman–Crippen LogP) is 3.94. The van der Waals surface area contributed by atoms with Crippen LogP contribution in [0.5, 0.6) is 17.2 Å². The van der Waals surface area contributed by atoms with Gasteiger partial charge in [-0.15, -0.1) is 0 Å². The minimum Gasteiger partial charge on any atom is -0.493 e. The Morgan fingerprint density at radius 3 is 2.39 bits per heavy atom. The fourth-order valence-corrected chi connectivity index (χ4v) is 3.07. The highest BCUT2D eigenvalue weighted by molar-refractivity contribution is 6.01. The van der Waals surface area contributed by atoms with Gasteiger partial charge in [-0.3, -0.25) is 9.78 Å². The van der Waals surface area contributed by atoms with Gasteiger partial charge >= 0.3 is 0 Å². The third kappa shape index (κ3) is 6.84. The average Bonchev–Trinajstić information content (AvgIpc) is 2.87.